The number of anilines is 1. The van der Waals surface area contributed by atoms with Crippen molar-refractivity contribution in [2.75, 3.05) is 31.1 Å². The summed E-state index contributed by atoms with van der Waals surface area (Å²) in [5.41, 5.74) is 2.17. The summed E-state index contributed by atoms with van der Waals surface area (Å²) < 4.78 is 5.52. The lowest BCUT2D eigenvalue weighted by Crippen LogP contribution is -2.38. The van der Waals surface area contributed by atoms with Gasteiger partial charge in [-0.2, -0.15) is 0 Å². The fourth-order valence-corrected chi connectivity index (χ4v) is 3.12. The van der Waals surface area contributed by atoms with Gasteiger partial charge in [0.1, 0.15) is 5.75 Å². The van der Waals surface area contributed by atoms with Crippen LogP contribution in [-0.2, 0) is 11.2 Å². The summed E-state index contributed by atoms with van der Waals surface area (Å²) in [7, 11) is 0. The number of ether oxygens (including phenoxy) is 1. The highest BCUT2D eigenvalue weighted by molar-refractivity contribution is 5.98. The van der Waals surface area contributed by atoms with E-state index in [9.17, 15) is 4.79 Å². The summed E-state index contributed by atoms with van der Waals surface area (Å²) in [5, 5.41) is 3.40. The van der Waals surface area contributed by atoms with Crippen LogP contribution in [0, 0.1) is 5.92 Å². The minimum absolute atomic E-state index is 0.00131. The minimum Gasteiger partial charge on any atom is -0.482 e. The van der Waals surface area contributed by atoms with Crippen molar-refractivity contribution in [3.63, 3.8) is 0 Å². The molecule has 0 unspecified atom stereocenters. The lowest BCUT2D eigenvalue weighted by molar-refractivity contribution is -0.121. The molecule has 0 spiro atoms. The number of nitrogens with zero attached hydrogens (tertiary/aromatic N) is 1. The Morgan fingerprint density at radius 2 is 2.19 bits per heavy atom. The van der Waals surface area contributed by atoms with E-state index in [1.165, 1.54) is 18.4 Å². The molecular weight excluding hydrogens is 264 g/mol. The normalized spacial score (nSPS) is 19.0. The van der Waals surface area contributed by atoms with Gasteiger partial charge in [-0.3, -0.25) is 4.79 Å². The van der Waals surface area contributed by atoms with E-state index >= 15 is 0 Å². The van der Waals surface area contributed by atoms with E-state index in [0.29, 0.717) is 6.54 Å². The van der Waals surface area contributed by atoms with Crippen molar-refractivity contribution < 1.29 is 9.53 Å². The van der Waals surface area contributed by atoms with E-state index in [1.54, 1.807) is 11.0 Å². The van der Waals surface area contributed by atoms with Crippen LogP contribution in [0.25, 0.3) is 0 Å². The quantitative estimate of drug-likeness (QED) is 0.862. The predicted molar refractivity (Wildman–Crippen MR) is 83.8 cm³/mol. The van der Waals surface area contributed by atoms with Gasteiger partial charge in [-0.25, -0.2) is 0 Å². The Morgan fingerprint density at radius 3 is 2.95 bits per heavy atom. The maximum atomic E-state index is 12.0. The molecule has 0 aliphatic carbocycles. The molecule has 0 aromatic heterocycles. The van der Waals surface area contributed by atoms with Crippen molar-refractivity contribution in [2.24, 2.45) is 5.92 Å². The molecule has 4 nitrogen and oxygen atoms in total. The Hall–Kier alpha value is -1.81. The van der Waals surface area contributed by atoms with Crippen molar-refractivity contribution in [2.45, 2.75) is 19.3 Å². The summed E-state index contributed by atoms with van der Waals surface area (Å²) in [5.74, 6) is 1.53. The Bertz CT molecular complexity index is 536. The SMILES string of the molecule is C=CCN1C(=O)COc2ccc(CC3CCNCC3)cc21. The van der Waals surface area contributed by atoms with Crippen LogP contribution in [0.2, 0.25) is 0 Å². The standard InChI is InChI=1S/C17H22N2O2/c1-2-9-19-15-11-14(10-13-5-7-18-8-6-13)3-4-16(15)21-12-17(19)20/h2-4,11,13,18H,1,5-10,12H2. The second kappa shape index (κ2) is 6.31. The zero-order chi connectivity index (χ0) is 14.7. The van der Waals surface area contributed by atoms with Crippen molar-refractivity contribution in [1.82, 2.24) is 5.32 Å². The first kappa shape index (κ1) is 14.1. The maximum absolute atomic E-state index is 12.0. The molecule has 1 aromatic carbocycles. The number of hydrogen-bond acceptors (Lipinski definition) is 3. The zero-order valence-electron chi connectivity index (χ0n) is 12.3. The van der Waals surface area contributed by atoms with E-state index in [-0.39, 0.29) is 12.5 Å². The lowest BCUT2D eigenvalue weighted by Gasteiger charge is -2.29. The lowest BCUT2D eigenvalue weighted by atomic mass is 9.90. The summed E-state index contributed by atoms with van der Waals surface area (Å²) in [4.78, 5) is 13.8. The highest BCUT2D eigenvalue weighted by Crippen LogP contribution is 2.34. The van der Waals surface area contributed by atoms with Crippen molar-refractivity contribution in [3.05, 3.63) is 36.4 Å². The number of carbonyl (C=O) groups is 1. The van der Waals surface area contributed by atoms with Gasteiger partial charge in [0.2, 0.25) is 0 Å². The molecule has 3 rings (SSSR count). The summed E-state index contributed by atoms with van der Waals surface area (Å²) in [6, 6.07) is 6.23. The van der Waals surface area contributed by atoms with Crippen molar-refractivity contribution in [1.29, 1.82) is 0 Å². The monoisotopic (exact) mass is 286 g/mol. The second-order valence-corrected chi connectivity index (χ2v) is 5.78. The highest BCUT2D eigenvalue weighted by Gasteiger charge is 2.25. The summed E-state index contributed by atoms with van der Waals surface area (Å²) in [6.45, 7) is 6.61. The van der Waals surface area contributed by atoms with E-state index in [4.69, 9.17) is 4.74 Å². The van der Waals surface area contributed by atoms with E-state index < -0.39 is 0 Å². The Kier molecular flexibility index (Phi) is 4.25. The molecule has 1 amide bonds. The zero-order valence-corrected chi connectivity index (χ0v) is 12.3. The van der Waals surface area contributed by atoms with Crippen molar-refractivity contribution in [3.8, 4) is 5.75 Å². The molecule has 1 aromatic rings. The first-order valence-corrected chi connectivity index (χ1v) is 7.65. The van der Waals surface area contributed by atoms with Gasteiger partial charge in [-0.15, -0.1) is 6.58 Å². The Morgan fingerprint density at radius 1 is 1.38 bits per heavy atom. The molecule has 1 fully saturated rings. The Balaban J connectivity index is 1.81. The fourth-order valence-electron chi connectivity index (χ4n) is 3.12. The van der Waals surface area contributed by atoms with E-state index in [1.807, 2.05) is 6.07 Å². The van der Waals surface area contributed by atoms with Gasteiger partial charge in [0.05, 0.1) is 5.69 Å². The average Bonchev–Trinajstić information content (AvgIpc) is 2.51. The number of piperidine rings is 1. The third-order valence-electron chi connectivity index (χ3n) is 4.26. The van der Waals surface area contributed by atoms with Gasteiger partial charge in [-0.05, 0) is 56.0 Å². The van der Waals surface area contributed by atoms with Crippen LogP contribution in [0.4, 0.5) is 5.69 Å². The fraction of sp³-hybridized carbons (Fsp3) is 0.471. The first-order chi connectivity index (χ1) is 10.3. The average molecular weight is 286 g/mol. The van der Waals surface area contributed by atoms with Gasteiger partial charge in [0, 0.05) is 6.54 Å². The van der Waals surface area contributed by atoms with Gasteiger partial charge >= 0.3 is 0 Å². The number of carbonyl (C=O) groups excluding carboxylic acids is 1. The van der Waals surface area contributed by atoms with Crippen LogP contribution in [-0.4, -0.2) is 32.1 Å². The molecule has 2 aliphatic rings. The number of benzene rings is 1. The topological polar surface area (TPSA) is 41.6 Å². The predicted octanol–water partition coefficient (Wildman–Crippen LogP) is 2.14. The van der Waals surface area contributed by atoms with Gasteiger partial charge in [0.15, 0.2) is 6.61 Å². The molecule has 2 heterocycles. The van der Waals surface area contributed by atoms with Crippen LogP contribution in [0.1, 0.15) is 18.4 Å². The van der Waals surface area contributed by atoms with Crippen molar-refractivity contribution >= 4 is 11.6 Å². The van der Waals surface area contributed by atoms with Crippen LogP contribution < -0.4 is 15.0 Å². The second-order valence-electron chi connectivity index (χ2n) is 5.78. The molecular formula is C17H22N2O2. The molecule has 0 radical (unpaired) electrons. The molecule has 21 heavy (non-hydrogen) atoms. The molecule has 0 saturated carbocycles. The third kappa shape index (κ3) is 3.10. The van der Waals surface area contributed by atoms with Crippen LogP contribution in [0.3, 0.4) is 0 Å². The smallest absolute Gasteiger partial charge is 0.265 e. The van der Waals surface area contributed by atoms with Crippen LogP contribution in [0.15, 0.2) is 30.9 Å². The highest BCUT2D eigenvalue weighted by atomic mass is 16.5. The number of amides is 1. The molecule has 112 valence electrons. The summed E-state index contributed by atoms with van der Waals surface area (Å²) in [6.07, 6.45) is 5.28. The number of nitrogens with one attached hydrogen (secondary N) is 1. The van der Waals surface area contributed by atoms with Gasteiger partial charge < -0.3 is 15.0 Å². The first-order valence-electron chi connectivity index (χ1n) is 7.65. The summed E-state index contributed by atoms with van der Waals surface area (Å²) >= 11 is 0. The molecule has 2 aliphatic heterocycles. The number of hydrogen-bond donors (Lipinski definition) is 1. The number of fused-ring (bicyclic) bond motifs is 1. The van der Waals surface area contributed by atoms with Crippen LogP contribution >= 0.6 is 0 Å². The minimum atomic E-state index is 0.00131. The van der Waals surface area contributed by atoms with Gasteiger partial charge in [0.25, 0.3) is 5.91 Å². The Labute approximate surface area is 125 Å². The molecule has 0 atom stereocenters. The molecule has 0 bridgehead atoms. The van der Waals surface area contributed by atoms with E-state index in [2.05, 4.69) is 24.0 Å². The molecule has 1 saturated heterocycles. The molecule has 4 heteroatoms. The third-order valence-corrected chi connectivity index (χ3v) is 4.26. The van der Waals surface area contributed by atoms with Gasteiger partial charge in [-0.1, -0.05) is 12.1 Å². The molecule has 1 N–H and O–H groups in total. The van der Waals surface area contributed by atoms with Crippen LogP contribution in [0.5, 0.6) is 5.75 Å². The maximum Gasteiger partial charge on any atom is 0.265 e. The van der Waals surface area contributed by atoms with E-state index in [0.717, 1.165) is 36.9 Å². The number of rotatable bonds is 4. The largest absolute Gasteiger partial charge is 0.482 e.